The molecule has 11 nitrogen and oxygen atoms in total. The summed E-state index contributed by atoms with van der Waals surface area (Å²) in [5.74, 6) is -2.58. The third-order valence-corrected chi connectivity index (χ3v) is 4.59. The maximum atomic E-state index is 13.1. The average Bonchev–Trinajstić information content (AvgIpc) is 2.73. The number of alkyl carbamates (subject to hydrolysis) is 1. The molecule has 0 aliphatic heterocycles. The molecule has 0 saturated heterocycles. The van der Waals surface area contributed by atoms with Crippen molar-refractivity contribution in [1.29, 1.82) is 0 Å². The van der Waals surface area contributed by atoms with Gasteiger partial charge in [0.2, 0.25) is 11.8 Å². The number of aliphatic hydroxyl groups is 2. The highest BCUT2D eigenvalue weighted by atomic mass is 16.6. The molecule has 0 saturated carbocycles. The van der Waals surface area contributed by atoms with Gasteiger partial charge < -0.3 is 35.6 Å². The smallest absolute Gasteiger partial charge is 0.408 e. The van der Waals surface area contributed by atoms with Crippen LogP contribution < -0.4 is 16.0 Å². The zero-order valence-electron chi connectivity index (χ0n) is 20.3. The van der Waals surface area contributed by atoms with E-state index in [1.807, 2.05) is 0 Å². The molecule has 190 valence electrons. The minimum absolute atomic E-state index is 0.0819. The fraction of sp³-hybridized carbons (Fsp3) is 0.565. The first-order chi connectivity index (χ1) is 15.7. The molecule has 1 rings (SSSR count). The van der Waals surface area contributed by atoms with E-state index in [4.69, 9.17) is 4.74 Å². The molecule has 5 N–H and O–H groups in total. The van der Waals surface area contributed by atoms with Crippen LogP contribution in [0.1, 0.15) is 40.2 Å². The van der Waals surface area contributed by atoms with Gasteiger partial charge in [-0.05, 0) is 40.2 Å². The lowest BCUT2D eigenvalue weighted by Gasteiger charge is -2.27. The zero-order chi connectivity index (χ0) is 26.1. The van der Waals surface area contributed by atoms with Gasteiger partial charge in [0, 0.05) is 6.42 Å². The largest absolute Gasteiger partial charge is 0.467 e. The molecule has 0 aliphatic carbocycles. The first-order valence-corrected chi connectivity index (χ1v) is 10.8. The summed E-state index contributed by atoms with van der Waals surface area (Å²) in [5, 5.41) is 27.1. The van der Waals surface area contributed by atoms with Crippen molar-refractivity contribution in [3.8, 4) is 0 Å². The molecule has 0 bridgehead atoms. The van der Waals surface area contributed by atoms with E-state index in [1.165, 1.54) is 13.8 Å². The van der Waals surface area contributed by atoms with Gasteiger partial charge in [-0.25, -0.2) is 9.59 Å². The molecule has 3 amide bonds. The second-order valence-electron chi connectivity index (χ2n) is 8.87. The Bertz CT molecular complexity index is 836. The summed E-state index contributed by atoms with van der Waals surface area (Å²) in [7, 11) is 1.09. The zero-order valence-corrected chi connectivity index (χ0v) is 20.3. The summed E-state index contributed by atoms with van der Waals surface area (Å²) in [6, 6.07) is 4.83. The van der Waals surface area contributed by atoms with Crippen LogP contribution in [-0.4, -0.2) is 77.1 Å². The monoisotopic (exact) mass is 481 g/mol. The van der Waals surface area contributed by atoms with Gasteiger partial charge in [0.25, 0.3) is 0 Å². The summed E-state index contributed by atoms with van der Waals surface area (Å²) in [6.07, 6.45) is -3.41. The van der Waals surface area contributed by atoms with Crippen LogP contribution in [0.2, 0.25) is 0 Å². The Labute approximate surface area is 199 Å². The van der Waals surface area contributed by atoms with E-state index in [1.54, 1.807) is 51.1 Å². The average molecular weight is 482 g/mol. The number of hydrogen-bond donors (Lipinski definition) is 5. The second kappa shape index (κ2) is 12.9. The highest BCUT2D eigenvalue weighted by Crippen LogP contribution is 2.09. The number of rotatable bonds is 10. The van der Waals surface area contributed by atoms with Gasteiger partial charge >= 0.3 is 12.1 Å². The Morgan fingerprint density at radius 2 is 1.41 bits per heavy atom. The lowest BCUT2D eigenvalue weighted by molar-refractivity contribution is -0.148. The number of amides is 3. The van der Waals surface area contributed by atoms with Gasteiger partial charge in [0.05, 0.1) is 19.3 Å². The number of carbonyl (C=O) groups excluding carboxylic acids is 4. The molecule has 11 heteroatoms. The SMILES string of the molecule is COC(=O)[C@@H](NC(=O)[C@@H](NC(=O)[C@H](Cc1ccccc1)NC(=O)OC(C)(C)C)[C@H](C)O)[C@@H](C)O. The number of ether oxygens (including phenoxy) is 2. The summed E-state index contributed by atoms with van der Waals surface area (Å²) < 4.78 is 9.79. The van der Waals surface area contributed by atoms with Gasteiger partial charge in [-0.1, -0.05) is 30.3 Å². The molecule has 0 radical (unpaired) electrons. The Balaban J connectivity index is 3.07. The molecule has 1 aromatic rings. The van der Waals surface area contributed by atoms with Crippen LogP contribution in [0.5, 0.6) is 0 Å². The van der Waals surface area contributed by atoms with Crippen molar-refractivity contribution in [1.82, 2.24) is 16.0 Å². The molecule has 0 aromatic heterocycles. The standard InChI is InChI=1S/C23H35N3O8/c1-13(27)17(20(30)26-18(14(2)28)21(31)33-6)25-19(29)16(12-15-10-8-7-9-11-15)24-22(32)34-23(3,4)5/h7-11,13-14,16-18,27-28H,12H2,1-6H3,(H,24,32)(H,25,29)(H,26,30)/t13-,14+,16-,17-,18-/m0/s1. The third kappa shape index (κ3) is 9.75. The fourth-order valence-corrected chi connectivity index (χ4v) is 2.91. The molecule has 0 heterocycles. The molecule has 0 fully saturated rings. The predicted octanol–water partition coefficient (Wildman–Crippen LogP) is 0.0266. The summed E-state index contributed by atoms with van der Waals surface area (Å²) >= 11 is 0. The molecule has 0 spiro atoms. The van der Waals surface area contributed by atoms with E-state index < -0.39 is 59.8 Å². The summed E-state index contributed by atoms with van der Waals surface area (Å²) in [6.45, 7) is 7.57. The number of benzene rings is 1. The summed E-state index contributed by atoms with van der Waals surface area (Å²) in [4.78, 5) is 50.0. The molecule has 1 aromatic carbocycles. The number of nitrogens with one attached hydrogen (secondary N) is 3. The van der Waals surface area contributed by atoms with Crippen LogP contribution in [-0.2, 0) is 30.3 Å². The molecular weight excluding hydrogens is 446 g/mol. The van der Waals surface area contributed by atoms with Crippen molar-refractivity contribution >= 4 is 23.9 Å². The quantitative estimate of drug-likeness (QED) is 0.292. The predicted molar refractivity (Wildman–Crippen MR) is 123 cm³/mol. The maximum absolute atomic E-state index is 13.1. The number of aliphatic hydroxyl groups excluding tert-OH is 2. The van der Waals surface area contributed by atoms with Crippen molar-refractivity contribution in [2.24, 2.45) is 0 Å². The van der Waals surface area contributed by atoms with E-state index in [9.17, 15) is 29.4 Å². The Morgan fingerprint density at radius 3 is 1.88 bits per heavy atom. The van der Waals surface area contributed by atoms with E-state index in [0.29, 0.717) is 0 Å². The van der Waals surface area contributed by atoms with Crippen LogP contribution in [0.25, 0.3) is 0 Å². The minimum atomic E-state index is -1.49. The highest BCUT2D eigenvalue weighted by Gasteiger charge is 2.34. The van der Waals surface area contributed by atoms with Crippen LogP contribution in [0.15, 0.2) is 30.3 Å². The van der Waals surface area contributed by atoms with Crippen molar-refractivity contribution in [3.05, 3.63) is 35.9 Å². The van der Waals surface area contributed by atoms with Gasteiger partial charge in [-0.2, -0.15) is 0 Å². The molecule has 34 heavy (non-hydrogen) atoms. The molecule has 0 unspecified atom stereocenters. The van der Waals surface area contributed by atoms with Crippen molar-refractivity contribution < 1.29 is 38.9 Å². The number of methoxy groups -OCH3 is 1. The van der Waals surface area contributed by atoms with E-state index in [2.05, 4.69) is 20.7 Å². The van der Waals surface area contributed by atoms with E-state index >= 15 is 0 Å². The Morgan fingerprint density at radius 1 is 0.882 bits per heavy atom. The first kappa shape index (κ1) is 28.9. The van der Waals surface area contributed by atoms with Crippen LogP contribution in [0.3, 0.4) is 0 Å². The lowest BCUT2D eigenvalue weighted by Crippen LogP contribution is -2.60. The number of esters is 1. The fourth-order valence-electron chi connectivity index (χ4n) is 2.91. The van der Waals surface area contributed by atoms with Crippen LogP contribution in [0.4, 0.5) is 4.79 Å². The molecular formula is C23H35N3O8. The van der Waals surface area contributed by atoms with Gasteiger partial charge in [-0.3, -0.25) is 9.59 Å². The normalized spacial score (nSPS) is 15.6. The van der Waals surface area contributed by atoms with Gasteiger partial charge in [0.15, 0.2) is 6.04 Å². The van der Waals surface area contributed by atoms with Crippen molar-refractivity contribution in [3.63, 3.8) is 0 Å². The van der Waals surface area contributed by atoms with Crippen LogP contribution >= 0.6 is 0 Å². The van der Waals surface area contributed by atoms with Crippen molar-refractivity contribution in [2.45, 2.75) is 77.0 Å². The van der Waals surface area contributed by atoms with Gasteiger partial charge in [0.1, 0.15) is 17.7 Å². The Kier molecular flexibility index (Phi) is 10.9. The highest BCUT2D eigenvalue weighted by molar-refractivity contribution is 5.93. The maximum Gasteiger partial charge on any atom is 0.408 e. The second-order valence-corrected chi connectivity index (χ2v) is 8.87. The third-order valence-electron chi connectivity index (χ3n) is 4.59. The number of carbonyl (C=O) groups is 4. The number of hydrogen-bond acceptors (Lipinski definition) is 8. The molecule has 5 atom stereocenters. The van der Waals surface area contributed by atoms with E-state index in [-0.39, 0.29) is 6.42 Å². The van der Waals surface area contributed by atoms with Crippen LogP contribution in [0, 0.1) is 0 Å². The van der Waals surface area contributed by atoms with Crippen molar-refractivity contribution in [2.75, 3.05) is 7.11 Å². The first-order valence-electron chi connectivity index (χ1n) is 10.8. The summed E-state index contributed by atoms with van der Waals surface area (Å²) in [5.41, 5.74) is -0.0688. The molecule has 0 aliphatic rings. The van der Waals surface area contributed by atoms with Gasteiger partial charge in [-0.15, -0.1) is 0 Å². The van der Waals surface area contributed by atoms with E-state index in [0.717, 1.165) is 12.7 Å². The Hall–Kier alpha value is -3.18. The lowest BCUT2D eigenvalue weighted by atomic mass is 10.0. The topological polar surface area (TPSA) is 163 Å². The minimum Gasteiger partial charge on any atom is -0.467 e.